The van der Waals surface area contributed by atoms with Crippen LogP contribution >= 0.6 is 11.8 Å². The van der Waals surface area contributed by atoms with Gasteiger partial charge in [-0.2, -0.15) is 0 Å². The number of methoxy groups -OCH3 is 1. The highest BCUT2D eigenvalue weighted by Crippen LogP contribution is 2.29. The van der Waals surface area contributed by atoms with Crippen LogP contribution < -0.4 is 4.74 Å². The molecule has 1 N–H and O–H groups in total. The number of nitrogens with one attached hydrogen (secondary N) is 1. The Hall–Kier alpha value is -2.87. The second kappa shape index (κ2) is 8.02. The van der Waals surface area contributed by atoms with Crippen molar-refractivity contribution in [2.24, 2.45) is 0 Å². The standard InChI is InChI=1S/C20H21N3O4S/c1-10-16(12(3)24)11(2)21-17(10)18(25)13(4)28-20-23-22-19(27-20)14-6-8-15(26-5)9-7-14/h6-9,13,21H,1-5H3/t13-/m0/s1. The van der Waals surface area contributed by atoms with Crippen LogP contribution in [0, 0.1) is 13.8 Å². The van der Waals surface area contributed by atoms with Gasteiger partial charge in [0, 0.05) is 16.8 Å². The van der Waals surface area contributed by atoms with Crippen molar-refractivity contribution < 1.29 is 18.7 Å². The number of ketones is 2. The molecule has 1 aromatic carbocycles. The summed E-state index contributed by atoms with van der Waals surface area (Å²) in [5.41, 5.74) is 3.15. The highest BCUT2D eigenvalue weighted by atomic mass is 32.2. The van der Waals surface area contributed by atoms with E-state index < -0.39 is 5.25 Å². The van der Waals surface area contributed by atoms with Crippen molar-refractivity contribution in [3.63, 3.8) is 0 Å². The molecule has 3 rings (SSSR count). The van der Waals surface area contributed by atoms with Crippen molar-refractivity contribution in [3.05, 3.63) is 46.8 Å². The zero-order valence-electron chi connectivity index (χ0n) is 16.3. The average molecular weight is 399 g/mol. The summed E-state index contributed by atoms with van der Waals surface area (Å²) in [7, 11) is 1.60. The third-order valence-electron chi connectivity index (χ3n) is 4.43. The molecule has 2 heterocycles. The zero-order chi connectivity index (χ0) is 20.4. The van der Waals surface area contributed by atoms with E-state index in [1.807, 2.05) is 12.1 Å². The first-order valence-electron chi connectivity index (χ1n) is 8.70. The van der Waals surface area contributed by atoms with Crippen molar-refractivity contribution in [2.75, 3.05) is 7.11 Å². The van der Waals surface area contributed by atoms with Crippen molar-refractivity contribution in [2.45, 2.75) is 38.2 Å². The lowest BCUT2D eigenvalue weighted by molar-refractivity contribution is 0.0988. The number of H-pyrrole nitrogens is 1. The summed E-state index contributed by atoms with van der Waals surface area (Å²) in [6.45, 7) is 6.83. The van der Waals surface area contributed by atoms with E-state index in [1.54, 1.807) is 40.0 Å². The molecule has 0 unspecified atom stereocenters. The predicted molar refractivity (Wildman–Crippen MR) is 106 cm³/mol. The molecule has 0 saturated carbocycles. The predicted octanol–water partition coefficient (Wildman–Crippen LogP) is 4.26. The van der Waals surface area contributed by atoms with Crippen LogP contribution in [0.2, 0.25) is 0 Å². The third kappa shape index (κ3) is 3.87. The van der Waals surface area contributed by atoms with Gasteiger partial charge in [0.1, 0.15) is 5.75 Å². The fourth-order valence-corrected chi connectivity index (χ4v) is 3.78. The minimum atomic E-state index is -0.458. The Morgan fingerprint density at radius 3 is 2.43 bits per heavy atom. The first-order chi connectivity index (χ1) is 13.3. The van der Waals surface area contributed by atoms with Gasteiger partial charge in [0.25, 0.3) is 5.22 Å². The smallest absolute Gasteiger partial charge is 0.277 e. The highest BCUT2D eigenvalue weighted by Gasteiger charge is 2.25. The molecule has 0 radical (unpaired) electrons. The van der Waals surface area contributed by atoms with Gasteiger partial charge in [-0.1, -0.05) is 11.8 Å². The Balaban J connectivity index is 1.75. The summed E-state index contributed by atoms with van der Waals surface area (Å²) in [6, 6.07) is 7.26. The summed E-state index contributed by atoms with van der Waals surface area (Å²) in [5.74, 6) is 0.920. The fraction of sp³-hybridized carbons (Fsp3) is 0.300. The van der Waals surface area contributed by atoms with Crippen LogP contribution in [0.5, 0.6) is 5.75 Å². The Morgan fingerprint density at radius 2 is 1.86 bits per heavy atom. The van der Waals surface area contributed by atoms with E-state index >= 15 is 0 Å². The van der Waals surface area contributed by atoms with Gasteiger partial charge in [-0.15, -0.1) is 10.2 Å². The zero-order valence-corrected chi connectivity index (χ0v) is 17.1. The van der Waals surface area contributed by atoms with Gasteiger partial charge in [0.05, 0.1) is 18.1 Å². The number of ether oxygens (including phenoxy) is 1. The molecule has 146 valence electrons. The minimum Gasteiger partial charge on any atom is -0.497 e. The van der Waals surface area contributed by atoms with Crippen molar-refractivity contribution in [3.8, 4) is 17.2 Å². The molecule has 1 atom stereocenters. The molecule has 0 aliphatic rings. The molecule has 0 fully saturated rings. The summed E-state index contributed by atoms with van der Waals surface area (Å²) >= 11 is 1.18. The van der Waals surface area contributed by atoms with E-state index in [1.165, 1.54) is 18.7 Å². The van der Waals surface area contributed by atoms with E-state index in [9.17, 15) is 9.59 Å². The summed E-state index contributed by atoms with van der Waals surface area (Å²) in [5, 5.41) is 7.91. The van der Waals surface area contributed by atoms with Gasteiger partial charge in [-0.3, -0.25) is 9.59 Å². The quantitative estimate of drug-likeness (QED) is 0.468. The maximum Gasteiger partial charge on any atom is 0.277 e. The number of carbonyl (C=O) groups excluding carboxylic acids is 2. The maximum atomic E-state index is 12.8. The number of hydrogen-bond acceptors (Lipinski definition) is 7. The second-order valence-electron chi connectivity index (χ2n) is 6.41. The topological polar surface area (TPSA) is 98.1 Å². The number of aryl methyl sites for hydroxylation is 1. The lowest BCUT2D eigenvalue weighted by Gasteiger charge is -2.07. The summed E-state index contributed by atoms with van der Waals surface area (Å²) in [4.78, 5) is 27.7. The van der Waals surface area contributed by atoms with Crippen molar-refractivity contribution in [1.29, 1.82) is 0 Å². The molecule has 0 saturated heterocycles. The molecule has 0 amide bonds. The van der Waals surface area contributed by atoms with Gasteiger partial charge >= 0.3 is 0 Å². The Bertz CT molecular complexity index is 1020. The number of Topliss-reactive ketones (excluding diaryl/α,β-unsaturated/α-hetero) is 2. The SMILES string of the molecule is COc1ccc(-c2nnc(S[C@@H](C)C(=O)c3[nH]c(C)c(C(C)=O)c3C)o2)cc1. The number of thioether (sulfide) groups is 1. The van der Waals surface area contributed by atoms with Gasteiger partial charge in [-0.05, 0) is 57.5 Å². The normalized spacial score (nSPS) is 12.0. The number of hydrogen-bond donors (Lipinski definition) is 1. The Morgan fingerprint density at radius 1 is 1.18 bits per heavy atom. The molecule has 7 nitrogen and oxygen atoms in total. The van der Waals surface area contributed by atoms with E-state index in [0.717, 1.165) is 11.3 Å². The van der Waals surface area contributed by atoms with Crippen LogP contribution in [0.3, 0.4) is 0 Å². The Kier molecular flexibility index (Phi) is 5.69. The van der Waals surface area contributed by atoms with Crippen LogP contribution in [-0.2, 0) is 0 Å². The van der Waals surface area contributed by atoms with E-state index in [-0.39, 0.29) is 11.6 Å². The van der Waals surface area contributed by atoms with Crippen LogP contribution in [0.15, 0.2) is 33.9 Å². The number of aromatic nitrogens is 3. The first-order valence-corrected chi connectivity index (χ1v) is 9.58. The summed E-state index contributed by atoms with van der Waals surface area (Å²) in [6.07, 6.45) is 0. The maximum absolute atomic E-state index is 12.8. The molecule has 2 aromatic heterocycles. The second-order valence-corrected chi connectivity index (χ2v) is 7.70. The largest absolute Gasteiger partial charge is 0.497 e. The molecule has 0 aliphatic carbocycles. The number of carbonyl (C=O) groups is 2. The lowest BCUT2D eigenvalue weighted by Crippen LogP contribution is -2.15. The number of aromatic amines is 1. The number of benzene rings is 1. The molecule has 0 spiro atoms. The van der Waals surface area contributed by atoms with E-state index in [2.05, 4.69) is 15.2 Å². The number of rotatable bonds is 7. The van der Waals surface area contributed by atoms with Crippen LogP contribution in [0.1, 0.15) is 46.0 Å². The summed E-state index contributed by atoms with van der Waals surface area (Å²) < 4.78 is 10.8. The van der Waals surface area contributed by atoms with Crippen LogP contribution in [0.4, 0.5) is 0 Å². The fourth-order valence-electron chi connectivity index (χ4n) is 3.04. The number of nitrogens with zero attached hydrogens (tertiary/aromatic N) is 2. The molecule has 3 aromatic rings. The van der Waals surface area contributed by atoms with Gasteiger partial charge in [0.2, 0.25) is 5.89 Å². The average Bonchev–Trinajstić information content (AvgIpc) is 3.25. The third-order valence-corrected chi connectivity index (χ3v) is 5.36. The molecule has 0 aliphatic heterocycles. The molecular formula is C20H21N3O4S. The monoisotopic (exact) mass is 399 g/mol. The lowest BCUT2D eigenvalue weighted by atomic mass is 10.0. The minimum absolute atomic E-state index is 0.0633. The van der Waals surface area contributed by atoms with Crippen LogP contribution in [-0.4, -0.2) is 39.1 Å². The van der Waals surface area contributed by atoms with Crippen molar-refractivity contribution >= 4 is 23.3 Å². The highest BCUT2D eigenvalue weighted by molar-refractivity contribution is 8.00. The first kappa shape index (κ1) is 19.9. The Labute approximate surface area is 166 Å². The van der Waals surface area contributed by atoms with Gasteiger partial charge in [-0.25, -0.2) is 0 Å². The van der Waals surface area contributed by atoms with E-state index in [4.69, 9.17) is 9.15 Å². The van der Waals surface area contributed by atoms with Crippen molar-refractivity contribution in [1.82, 2.24) is 15.2 Å². The van der Waals surface area contributed by atoms with E-state index in [0.29, 0.717) is 33.6 Å². The van der Waals surface area contributed by atoms with Gasteiger partial charge in [0.15, 0.2) is 11.6 Å². The molecular weight excluding hydrogens is 378 g/mol. The van der Waals surface area contributed by atoms with Crippen LogP contribution in [0.25, 0.3) is 11.5 Å². The van der Waals surface area contributed by atoms with Gasteiger partial charge < -0.3 is 14.1 Å². The molecule has 28 heavy (non-hydrogen) atoms. The molecule has 8 heteroatoms. The molecule has 0 bridgehead atoms.